The lowest BCUT2D eigenvalue weighted by molar-refractivity contribution is -0.384. The second-order valence-corrected chi connectivity index (χ2v) is 12.0. The minimum absolute atomic E-state index is 0.0683. The molecular formula is C36H27N3O7S. The number of carbonyl (C=O) groups excluding carboxylic acids is 1. The van der Waals surface area contributed by atoms with Crippen LogP contribution >= 0.6 is 11.3 Å². The highest BCUT2D eigenvalue weighted by molar-refractivity contribution is 7.07. The van der Waals surface area contributed by atoms with Crippen molar-refractivity contribution in [2.24, 2.45) is 4.99 Å². The molecule has 0 N–H and O–H groups in total. The molecule has 1 aliphatic carbocycles. The first kappa shape index (κ1) is 29.9. The third-order valence-corrected chi connectivity index (χ3v) is 9.26. The van der Waals surface area contributed by atoms with Gasteiger partial charge in [0.1, 0.15) is 5.75 Å². The summed E-state index contributed by atoms with van der Waals surface area (Å²) < 4.78 is 18.8. The molecule has 0 saturated carbocycles. The molecule has 1 atom stereocenters. The number of aromatic nitrogens is 1. The normalized spacial score (nSPS) is 15.2. The summed E-state index contributed by atoms with van der Waals surface area (Å²) in [6.45, 7) is 0. The van der Waals surface area contributed by atoms with Crippen molar-refractivity contribution in [2.75, 3.05) is 14.2 Å². The zero-order valence-electron chi connectivity index (χ0n) is 25.3. The predicted octanol–water partition coefficient (Wildman–Crippen LogP) is 5.46. The van der Waals surface area contributed by atoms with Crippen LogP contribution in [0.25, 0.3) is 11.8 Å². The quantitative estimate of drug-likeness (QED) is 0.0997. The van der Waals surface area contributed by atoms with Gasteiger partial charge in [-0.05, 0) is 71.5 Å². The third kappa shape index (κ3) is 5.50. The van der Waals surface area contributed by atoms with Gasteiger partial charge in [-0.25, -0.2) is 9.79 Å². The zero-order chi connectivity index (χ0) is 32.7. The summed E-state index contributed by atoms with van der Waals surface area (Å²) >= 11 is 1.32. The van der Waals surface area contributed by atoms with E-state index in [9.17, 15) is 19.7 Å². The molecule has 0 unspecified atom stereocenters. The van der Waals surface area contributed by atoms with Gasteiger partial charge in [-0.2, -0.15) is 0 Å². The maximum absolute atomic E-state index is 14.1. The van der Waals surface area contributed by atoms with Gasteiger partial charge in [-0.15, -0.1) is 0 Å². The van der Waals surface area contributed by atoms with Gasteiger partial charge in [-0.3, -0.25) is 19.5 Å². The number of nitrogens with zero attached hydrogens (tertiary/aromatic N) is 3. The molecule has 0 bridgehead atoms. The molecule has 2 aliphatic rings. The van der Waals surface area contributed by atoms with Gasteiger partial charge in [0.05, 0.1) is 41.0 Å². The van der Waals surface area contributed by atoms with E-state index in [1.54, 1.807) is 49.1 Å². The zero-order valence-corrected chi connectivity index (χ0v) is 26.2. The summed E-state index contributed by atoms with van der Waals surface area (Å²) in [5, 5.41) is 11.1. The lowest BCUT2D eigenvalue weighted by atomic mass is 9.83. The highest BCUT2D eigenvalue weighted by Crippen LogP contribution is 2.42. The number of hydrogen-bond acceptors (Lipinski definition) is 9. The van der Waals surface area contributed by atoms with E-state index in [2.05, 4.69) is 12.1 Å². The Morgan fingerprint density at radius 3 is 2.51 bits per heavy atom. The Labute approximate surface area is 272 Å². The average molecular weight is 646 g/mol. The van der Waals surface area contributed by atoms with Crippen molar-refractivity contribution < 1.29 is 23.9 Å². The molecule has 4 aromatic carbocycles. The van der Waals surface area contributed by atoms with Crippen LogP contribution in [0.1, 0.15) is 45.1 Å². The van der Waals surface area contributed by atoms with Crippen molar-refractivity contribution >= 4 is 34.8 Å². The molecule has 1 aromatic heterocycles. The van der Waals surface area contributed by atoms with Crippen LogP contribution in [-0.4, -0.2) is 29.7 Å². The molecular weight excluding hydrogens is 618 g/mol. The summed E-state index contributed by atoms with van der Waals surface area (Å²) in [6.07, 6.45) is 3.39. The number of non-ortho nitro benzene ring substituents is 1. The Kier molecular flexibility index (Phi) is 7.74. The number of hydrogen-bond donors (Lipinski definition) is 0. The molecule has 0 fully saturated rings. The number of carbonyl (C=O) groups is 1. The fourth-order valence-corrected chi connectivity index (χ4v) is 7.04. The number of allylic oxidation sites excluding steroid dienone is 1. The van der Waals surface area contributed by atoms with Crippen molar-refractivity contribution in [3.05, 3.63) is 154 Å². The Morgan fingerprint density at radius 1 is 0.957 bits per heavy atom. The standard InChI is InChI=1S/C36H27N3O7S/c1-44-29-17-13-23(20-30(29)45-2)33-28-16-12-22-6-3-4-9-27(22)32(28)37-36-38(33)34(40)31(47-36)18-21-10-14-26(15-11-21)46-35(41)24-7-5-8-25(19-24)39(42)43/h3-11,13-15,17-20,33H,12,16H2,1-2H3/b31-18+/t33-/m1/s1. The number of nitro groups is 1. The molecule has 0 saturated heterocycles. The number of aryl methyl sites for hydroxylation is 1. The first-order valence-corrected chi connectivity index (χ1v) is 15.6. The van der Waals surface area contributed by atoms with Gasteiger partial charge < -0.3 is 14.2 Å². The largest absolute Gasteiger partial charge is 0.493 e. The Bertz CT molecular complexity index is 2290. The summed E-state index contributed by atoms with van der Waals surface area (Å²) in [5.41, 5.74) is 5.60. The van der Waals surface area contributed by atoms with Gasteiger partial charge in [0.15, 0.2) is 16.3 Å². The van der Waals surface area contributed by atoms with Gasteiger partial charge in [0, 0.05) is 17.7 Å². The smallest absolute Gasteiger partial charge is 0.343 e. The molecule has 2 heterocycles. The minimum atomic E-state index is -0.713. The maximum atomic E-state index is 14.1. The van der Waals surface area contributed by atoms with Crippen molar-refractivity contribution in [3.63, 3.8) is 0 Å². The summed E-state index contributed by atoms with van der Waals surface area (Å²) in [5.74, 6) is 0.732. The molecule has 11 heteroatoms. The molecule has 10 nitrogen and oxygen atoms in total. The number of methoxy groups -OCH3 is 2. The number of fused-ring (bicyclic) bond motifs is 3. The number of benzene rings is 4. The van der Waals surface area contributed by atoms with Crippen molar-refractivity contribution in [1.82, 2.24) is 4.57 Å². The topological polar surface area (TPSA) is 122 Å². The van der Waals surface area contributed by atoms with Crippen LogP contribution in [0.15, 0.2) is 106 Å². The van der Waals surface area contributed by atoms with Gasteiger partial charge in [0.2, 0.25) is 0 Å². The molecule has 0 radical (unpaired) electrons. The van der Waals surface area contributed by atoms with Crippen molar-refractivity contribution in [1.29, 1.82) is 0 Å². The van der Waals surface area contributed by atoms with E-state index in [0.29, 0.717) is 20.8 Å². The number of esters is 1. The van der Waals surface area contributed by atoms with E-state index in [0.717, 1.165) is 40.8 Å². The number of thiazole rings is 1. The monoisotopic (exact) mass is 645 g/mol. The number of nitro benzene ring substituents is 1. The second kappa shape index (κ2) is 12.2. The molecule has 234 valence electrons. The van der Waals surface area contributed by atoms with Crippen LogP contribution in [-0.2, 0) is 6.42 Å². The number of rotatable bonds is 7. The summed E-state index contributed by atoms with van der Waals surface area (Å²) in [6, 6.07) is 25.7. The van der Waals surface area contributed by atoms with Gasteiger partial charge in [0.25, 0.3) is 11.2 Å². The maximum Gasteiger partial charge on any atom is 0.343 e. The molecule has 0 spiro atoms. The fraction of sp³-hybridized carbons (Fsp3) is 0.139. The number of ether oxygens (including phenoxy) is 3. The van der Waals surface area contributed by atoms with E-state index < -0.39 is 10.9 Å². The third-order valence-electron chi connectivity index (χ3n) is 8.28. The highest BCUT2D eigenvalue weighted by Gasteiger charge is 2.33. The molecule has 7 rings (SSSR count). The van der Waals surface area contributed by atoms with E-state index >= 15 is 0 Å². The van der Waals surface area contributed by atoms with Gasteiger partial charge in [-0.1, -0.05) is 59.9 Å². The first-order chi connectivity index (χ1) is 22.8. The van der Waals surface area contributed by atoms with Crippen LogP contribution in [0.5, 0.6) is 17.2 Å². The highest BCUT2D eigenvalue weighted by atomic mass is 32.1. The lowest BCUT2D eigenvalue weighted by Crippen LogP contribution is -2.38. The van der Waals surface area contributed by atoms with Crippen LogP contribution in [0.2, 0.25) is 0 Å². The van der Waals surface area contributed by atoms with Crippen LogP contribution < -0.4 is 29.1 Å². The van der Waals surface area contributed by atoms with Crippen molar-refractivity contribution in [3.8, 4) is 17.2 Å². The van der Waals surface area contributed by atoms with E-state index in [1.807, 2.05) is 30.3 Å². The van der Waals surface area contributed by atoms with Crippen LogP contribution in [0.4, 0.5) is 5.69 Å². The van der Waals surface area contributed by atoms with Crippen molar-refractivity contribution in [2.45, 2.75) is 18.9 Å². The minimum Gasteiger partial charge on any atom is -0.493 e. The SMILES string of the molecule is COc1ccc([C@@H]2C3=C(N=c4s/c(=C/c5ccc(OC(=O)c6cccc([N+](=O)[O-])c6)cc5)c(=O)n42)c2ccccc2CC3)cc1OC. The average Bonchev–Trinajstić information content (AvgIpc) is 3.41. The second-order valence-electron chi connectivity index (χ2n) is 11.0. The molecule has 1 aliphatic heterocycles. The summed E-state index contributed by atoms with van der Waals surface area (Å²) in [4.78, 5) is 42.9. The van der Waals surface area contributed by atoms with E-state index in [-0.39, 0.29) is 28.6 Å². The Morgan fingerprint density at radius 2 is 1.74 bits per heavy atom. The fourth-order valence-electron chi connectivity index (χ4n) is 6.04. The van der Waals surface area contributed by atoms with Crippen LogP contribution in [0.3, 0.4) is 0 Å². The first-order valence-electron chi connectivity index (χ1n) is 14.8. The lowest BCUT2D eigenvalue weighted by Gasteiger charge is -2.31. The van der Waals surface area contributed by atoms with E-state index in [4.69, 9.17) is 19.2 Å². The Balaban J connectivity index is 1.27. The predicted molar refractivity (Wildman–Crippen MR) is 177 cm³/mol. The molecule has 5 aromatic rings. The summed E-state index contributed by atoms with van der Waals surface area (Å²) in [7, 11) is 3.18. The van der Waals surface area contributed by atoms with Crippen LogP contribution in [0, 0.1) is 10.1 Å². The van der Waals surface area contributed by atoms with E-state index in [1.165, 1.54) is 41.2 Å². The van der Waals surface area contributed by atoms with Gasteiger partial charge >= 0.3 is 5.97 Å². The molecule has 0 amide bonds. The Hall–Kier alpha value is -5.81. The molecule has 47 heavy (non-hydrogen) atoms.